The smallest absolute Gasteiger partial charge is 0.128 e. The molecule has 40 heavy (non-hydrogen) atoms. The first-order valence-electron chi connectivity index (χ1n) is 14.6. The zero-order chi connectivity index (χ0) is 29.3. The number of rotatable bonds is 9. The highest BCUT2D eigenvalue weighted by Crippen LogP contribution is 2.37. The van der Waals surface area contributed by atoms with Crippen LogP contribution in [-0.4, -0.2) is 72.8 Å². The first kappa shape index (κ1) is 31.4. The first-order valence-corrected chi connectivity index (χ1v) is 14.6. The number of hydrogen-bond acceptors (Lipinski definition) is 6. The zero-order valence-corrected chi connectivity index (χ0v) is 25.9. The third-order valence-electron chi connectivity index (χ3n) is 7.89. The molecule has 1 N–H and O–H groups in total. The van der Waals surface area contributed by atoms with E-state index >= 15 is 0 Å². The molecule has 6 heteroatoms. The Morgan fingerprint density at radius 2 is 1.77 bits per heavy atom. The van der Waals surface area contributed by atoms with Crippen LogP contribution >= 0.6 is 0 Å². The lowest BCUT2D eigenvalue weighted by atomic mass is 9.73. The predicted molar refractivity (Wildman–Crippen MR) is 171 cm³/mol. The fraction of sp³-hybridized carbons (Fsp3) is 0.500. The zero-order valence-electron chi connectivity index (χ0n) is 25.9. The molecule has 6 nitrogen and oxygen atoms in total. The van der Waals surface area contributed by atoms with Gasteiger partial charge in [0.05, 0.1) is 5.71 Å². The summed E-state index contributed by atoms with van der Waals surface area (Å²) in [6.45, 7) is 17.7. The van der Waals surface area contributed by atoms with Gasteiger partial charge in [-0.05, 0) is 107 Å². The van der Waals surface area contributed by atoms with Gasteiger partial charge in [-0.15, -0.1) is 0 Å². The first-order chi connectivity index (χ1) is 19.0. The lowest BCUT2D eigenvalue weighted by molar-refractivity contribution is 0.220. The van der Waals surface area contributed by atoms with E-state index in [1.807, 2.05) is 25.5 Å². The minimum Gasteiger partial charge on any atom is -0.358 e. The molecular formula is C34H50N6. The van der Waals surface area contributed by atoms with Crippen molar-refractivity contribution in [3.63, 3.8) is 0 Å². The molecule has 1 aliphatic carbocycles. The van der Waals surface area contributed by atoms with E-state index in [0.717, 1.165) is 43.0 Å². The third-order valence-corrected chi connectivity index (χ3v) is 7.89. The monoisotopic (exact) mass is 542 g/mol. The molecule has 1 atom stereocenters. The molecule has 0 bridgehead atoms. The lowest BCUT2D eigenvalue weighted by Gasteiger charge is -2.32. The second-order valence-corrected chi connectivity index (χ2v) is 12.1. The molecule has 1 unspecified atom stereocenters. The Balaban J connectivity index is 0.000000267. The molecule has 1 fully saturated rings. The fourth-order valence-electron chi connectivity index (χ4n) is 5.08. The van der Waals surface area contributed by atoms with Crippen molar-refractivity contribution in [2.45, 2.75) is 65.3 Å². The van der Waals surface area contributed by atoms with Crippen LogP contribution < -0.4 is 4.90 Å². The van der Waals surface area contributed by atoms with Crippen LogP contribution in [0.15, 0.2) is 72.2 Å². The van der Waals surface area contributed by atoms with Gasteiger partial charge in [-0.3, -0.25) is 9.88 Å². The van der Waals surface area contributed by atoms with Crippen molar-refractivity contribution >= 4 is 11.5 Å². The van der Waals surface area contributed by atoms with Crippen LogP contribution in [0.25, 0.3) is 0 Å². The van der Waals surface area contributed by atoms with Crippen LogP contribution in [0.5, 0.6) is 0 Å². The lowest BCUT2D eigenvalue weighted by Crippen LogP contribution is -2.29. The van der Waals surface area contributed by atoms with Gasteiger partial charge >= 0.3 is 0 Å². The van der Waals surface area contributed by atoms with Gasteiger partial charge in [0, 0.05) is 50.7 Å². The number of hydrogen-bond donors (Lipinski definition) is 1. The van der Waals surface area contributed by atoms with Crippen molar-refractivity contribution in [1.82, 2.24) is 19.8 Å². The maximum atomic E-state index is 8.39. The molecule has 2 aliphatic rings. The Hall–Kier alpha value is -3.09. The van der Waals surface area contributed by atoms with E-state index in [-0.39, 0.29) is 5.41 Å². The van der Waals surface area contributed by atoms with E-state index in [0.29, 0.717) is 5.71 Å². The molecule has 216 valence electrons. The van der Waals surface area contributed by atoms with Gasteiger partial charge in [-0.1, -0.05) is 44.2 Å². The molecular weight excluding hydrogens is 492 g/mol. The number of nitrogens with zero attached hydrogens (tertiary/aromatic N) is 5. The highest BCUT2D eigenvalue weighted by molar-refractivity contribution is 6.12. The summed E-state index contributed by atoms with van der Waals surface area (Å²) in [5.74, 6) is 1.04. The molecule has 0 spiro atoms. The highest BCUT2D eigenvalue weighted by Gasteiger charge is 2.29. The summed E-state index contributed by atoms with van der Waals surface area (Å²) in [5, 5.41) is 8.39. The van der Waals surface area contributed by atoms with Crippen LogP contribution in [0.3, 0.4) is 0 Å². The van der Waals surface area contributed by atoms with Crippen molar-refractivity contribution in [2.24, 2.45) is 0 Å². The molecule has 1 saturated heterocycles. The summed E-state index contributed by atoms with van der Waals surface area (Å²) in [5.41, 5.74) is 7.15. The number of pyridine rings is 2. The van der Waals surface area contributed by atoms with E-state index in [9.17, 15) is 0 Å². The number of likely N-dealkylation sites (tertiary alicyclic amines) is 1. The number of aromatic nitrogens is 2. The maximum absolute atomic E-state index is 8.39. The fourth-order valence-corrected chi connectivity index (χ4v) is 5.08. The van der Waals surface area contributed by atoms with E-state index < -0.39 is 0 Å². The molecule has 0 aromatic carbocycles. The van der Waals surface area contributed by atoms with Gasteiger partial charge in [0.2, 0.25) is 0 Å². The summed E-state index contributed by atoms with van der Waals surface area (Å²) >= 11 is 0. The summed E-state index contributed by atoms with van der Waals surface area (Å²) in [4.78, 5) is 15.8. The second-order valence-electron chi connectivity index (χ2n) is 12.1. The minimum atomic E-state index is -0.124. The van der Waals surface area contributed by atoms with Crippen LogP contribution in [0.1, 0.15) is 63.1 Å². The van der Waals surface area contributed by atoms with Crippen LogP contribution in [-0.2, 0) is 12.0 Å². The third kappa shape index (κ3) is 8.97. The number of piperidine rings is 1. The summed E-state index contributed by atoms with van der Waals surface area (Å²) in [7, 11) is 6.23. The van der Waals surface area contributed by atoms with Gasteiger partial charge in [-0.2, -0.15) is 0 Å². The molecule has 2 aromatic heterocycles. The normalized spacial score (nSPS) is 19.3. The van der Waals surface area contributed by atoms with Crippen molar-refractivity contribution in [3.05, 3.63) is 88.9 Å². The van der Waals surface area contributed by atoms with Crippen molar-refractivity contribution < 1.29 is 0 Å². The van der Waals surface area contributed by atoms with Crippen LogP contribution in [0, 0.1) is 12.3 Å². The van der Waals surface area contributed by atoms with Crippen LogP contribution in [0.2, 0.25) is 0 Å². The second kappa shape index (κ2) is 14.5. The summed E-state index contributed by atoms with van der Waals surface area (Å²) in [6.07, 6.45) is 15.3. The Bertz CT molecular complexity index is 1200. The molecule has 0 amide bonds. The van der Waals surface area contributed by atoms with Gasteiger partial charge in [0.25, 0.3) is 0 Å². The Morgan fingerprint density at radius 1 is 1.05 bits per heavy atom. The predicted octanol–water partition coefficient (Wildman–Crippen LogP) is 6.59. The standard InChI is InChI=1S/C23H31N3.C11H19N3/c1-17(2)22(24)21-13-23(4,9-8-18(21)3)20-12-19(14-25-15-20)16-26-10-6-5-7-11-26;1-10-5-6-11(12-9-10)14(4)8-7-13(2)3/h8,12-15,24H,1,5-7,9-11,16H2,2-4H3;5-6,9H,7-8H2,1-4H3. The van der Waals surface area contributed by atoms with Gasteiger partial charge in [0.1, 0.15) is 5.82 Å². The molecule has 3 heterocycles. The van der Waals surface area contributed by atoms with Crippen molar-refractivity contribution in [1.29, 1.82) is 5.41 Å². The quantitative estimate of drug-likeness (QED) is 0.363. The number of allylic oxidation sites excluding steroid dienone is 5. The molecule has 0 saturated carbocycles. The largest absolute Gasteiger partial charge is 0.358 e. The van der Waals surface area contributed by atoms with Gasteiger partial charge < -0.3 is 15.2 Å². The van der Waals surface area contributed by atoms with Crippen molar-refractivity contribution in [2.75, 3.05) is 52.2 Å². The Labute approximate surface area is 243 Å². The van der Waals surface area contributed by atoms with Crippen LogP contribution in [0.4, 0.5) is 5.82 Å². The Kier molecular flexibility index (Phi) is 11.4. The number of anilines is 1. The molecule has 2 aromatic rings. The highest BCUT2D eigenvalue weighted by atomic mass is 15.2. The van der Waals surface area contributed by atoms with E-state index in [2.05, 4.69) is 104 Å². The van der Waals surface area contributed by atoms with E-state index in [1.165, 1.54) is 54.6 Å². The number of aryl methyl sites for hydroxylation is 1. The SMILES string of the molecule is C=C(C)C(=N)C1=CC(C)(c2cncc(CN3CCCCC3)c2)CC=C1C.Cc1ccc(N(C)CCN(C)C)nc1. The van der Waals surface area contributed by atoms with E-state index in [4.69, 9.17) is 5.41 Å². The average molecular weight is 543 g/mol. The van der Waals surface area contributed by atoms with Crippen molar-refractivity contribution in [3.8, 4) is 0 Å². The number of nitrogens with one attached hydrogen (secondary N) is 1. The number of likely N-dealkylation sites (N-methyl/N-ethyl adjacent to an activating group) is 2. The molecule has 1 aliphatic heterocycles. The van der Waals surface area contributed by atoms with E-state index in [1.54, 1.807) is 0 Å². The Morgan fingerprint density at radius 3 is 2.40 bits per heavy atom. The summed E-state index contributed by atoms with van der Waals surface area (Å²) < 4.78 is 0. The molecule has 4 rings (SSSR count). The average Bonchev–Trinajstić information content (AvgIpc) is 2.94. The summed E-state index contributed by atoms with van der Waals surface area (Å²) in [6, 6.07) is 6.47. The maximum Gasteiger partial charge on any atom is 0.128 e. The topological polar surface area (TPSA) is 59.4 Å². The molecule has 0 radical (unpaired) electrons. The van der Waals surface area contributed by atoms with Gasteiger partial charge in [-0.25, -0.2) is 4.98 Å². The van der Waals surface area contributed by atoms with Gasteiger partial charge in [0.15, 0.2) is 0 Å². The minimum absolute atomic E-state index is 0.124.